The lowest BCUT2D eigenvalue weighted by Gasteiger charge is -2.19. The highest BCUT2D eigenvalue weighted by atomic mass is 32.2. The molecule has 0 aliphatic carbocycles. The number of anilines is 2. The largest absolute Gasteiger partial charge is 0.494 e. The number of benzene rings is 3. The van der Waals surface area contributed by atoms with Gasteiger partial charge in [0.1, 0.15) is 5.75 Å². The zero-order valence-corrected chi connectivity index (χ0v) is 21.1. The quantitative estimate of drug-likeness (QED) is 0.345. The Morgan fingerprint density at radius 1 is 1.03 bits per heavy atom. The van der Waals surface area contributed by atoms with E-state index in [1.165, 1.54) is 0 Å². The predicted molar refractivity (Wildman–Crippen MR) is 145 cm³/mol. The van der Waals surface area contributed by atoms with Gasteiger partial charge in [0.25, 0.3) is 5.24 Å². The number of carbonyl (C=O) groups is 3. The molecule has 1 saturated heterocycles. The second kappa shape index (κ2) is 11.8. The van der Waals surface area contributed by atoms with Crippen molar-refractivity contribution in [1.29, 1.82) is 0 Å². The van der Waals surface area contributed by atoms with E-state index in [2.05, 4.69) is 17.6 Å². The first-order valence-corrected chi connectivity index (χ1v) is 12.8. The number of imide groups is 1. The average molecular weight is 504 g/mol. The van der Waals surface area contributed by atoms with Gasteiger partial charge in [-0.1, -0.05) is 61.5 Å². The zero-order chi connectivity index (χ0) is 25.5. The molecule has 2 N–H and O–H groups in total. The van der Waals surface area contributed by atoms with E-state index < -0.39 is 0 Å². The van der Waals surface area contributed by atoms with Crippen LogP contribution in [-0.2, 0) is 11.2 Å². The van der Waals surface area contributed by atoms with Gasteiger partial charge in [0.05, 0.1) is 11.9 Å². The minimum Gasteiger partial charge on any atom is -0.494 e. The van der Waals surface area contributed by atoms with Crippen LogP contribution in [0.25, 0.3) is 11.1 Å². The van der Waals surface area contributed by atoms with Crippen LogP contribution in [0, 0.1) is 0 Å². The van der Waals surface area contributed by atoms with E-state index in [4.69, 9.17) is 4.74 Å². The van der Waals surface area contributed by atoms with Crippen molar-refractivity contribution in [2.24, 2.45) is 0 Å². The molecule has 0 saturated carbocycles. The molecule has 36 heavy (non-hydrogen) atoms. The number of unbranched alkanes of at least 4 members (excludes halogenated alkanes) is 1. The van der Waals surface area contributed by atoms with Crippen molar-refractivity contribution in [1.82, 2.24) is 5.32 Å². The highest BCUT2D eigenvalue weighted by Gasteiger charge is 2.31. The minimum atomic E-state index is -0.386. The third-order valence-electron chi connectivity index (χ3n) is 5.89. The standard InChI is InChI=1S/C28H29N3O4S/c1-3-4-16-35-24-14-12-22(13-15-24)29-27(33)31(2)23-7-5-6-21(18-23)20-10-8-19(9-11-20)17-25-26(32)30-28(34)36-25/h5-15,18,25H,3-4,16-17H2,1-2H3,(H,29,33)(H,30,32,34). The van der Waals surface area contributed by atoms with Crippen LogP contribution in [0.1, 0.15) is 25.3 Å². The molecule has 4 amide bonds. The number of carbonyl (C=O) groups excluding carboxylic acids is 3. The molecule has 1 aliphatic rings. The molecule has 4 rings (SSSR count). The molecule has 1 fully saturated rings. The van der Waals surface area contributed by atoms with E-state index in [0.717, 1.165) is 52.7 Å². The smallest absolute Gasteiger partial charge is 0.326 e. The fourth-order valence-corrected chi connectivity index (χ4v) is 4.62. The van der Waals surface area contributed by atoms with Crippen molar-refractivity contribution in [3.8, 4) is 16.9 Å². The van der Waals surface area contributed by atoms with Crippen molar-refractivity contribution in [2.45, 2.75) is 31.4 Å². The average Bonchev–Trinajstić information content (AvgIpc) is 3.21. The van der Waals surface area contributed by atoms with Gasteiger partial charge in [0, 0.05) is 18.4 Å². The molecule has 3 aromatic rings. The summed E-state index contributed by atoms with van der Waals surface area (Å²) in [5.41, 5.74) is 4.39. The summed E-state index contributed by atoms with van der Waals surface area (Å²) in [6.45, 7) is 2.80. The molecule has 1 aliphatic heterocycles. The number of hydrogen-bond donors (Lipinski definition) is 2. The van der Waals surface area contributed by atoms with Crippen molar-refractivity contribution in [2.75, 3.05) is 23.9 Å². The molecule has 0 aromatic heterocycles. The Morgan fingerprint density at radius 2 is 1.78 bits per heavy atom. The first-order valence-electron chi connectivity index (χ1n) is 11.9. The molecular weight excluding hydrogens is 474 g/mol. The number of thioether (sulfide) groups is 1. The van der Waals surface area contributed by atoms with Crippen LogP contribution in [0.15, 0.2) is 72.8 Å². The normalized spacial score (nSPS) is 14.9. The molecule has 0 bridgehead atoms. The van der Waals surface area contributed by atoms with Crippen LogP contribution in [0.3, 0.4) is 0 Å². The number of urea groups is 1. The monoisotopic (exact) mass is 503 g/mol. The Bertz CT molecular complexity index is 1230. The lowest BCUT2D eigenvalue weighted by Crippen LogP contribution is -2.31. The Kier molecular flexibility index (Phi) is 8.28. The van der Waals surface area contributed by atoms with Gasteiger partial charge < -0.3 is 10.1 Å². The number of hydrogen-bond acceptors (Lipinski definition) is 5. The lowest BCUT2D eigenvalue weighted by molar-refractivity contribution is -0.118. The first kappa shape index (κ1) is 25.3. The molecule has 0 radical (unpaired) electrons. The third-order valence-corrected chi connectivity index (χ3v) is 6.87. The predicted octanol–water partition coefficient (Wildman–Crippen LogP) is 6.09. The van der Waals surface area contributed by atoms with Crippen LogP contribution in [0.4, 0.5) is 21.0 Å². The van der Waals surface area contributed by atoms with E-state index in [0.29, 0.717) is 18.7 Å². The number of nitrogens with one attached hydrogen (secondary N) is 2. The van der Waals surface area contributed by atoms with Crippen LogP contribution < -0.4 is 20.3 Å². The van der Waals surface area contributed by atoms with Gasteiger partial charge in [-0.05, 0) is 65.9 Å². The summed E-state index contributed by atoms with van der Waals surface area (Å²) in [4.78, 5) is 37.6. The third kappa shape index (κ3) is 6.46. The summed E-state index contributed by atoms with van der Waals surface area (Å²) in [5, 5.41) is 4.56. The topological polar surface area (TPSA) is 87.7 Å². The molecule has 1 heterocycles. The second-order valence-electron chi connectivity index (χ2n) is 8.55. The molecule has 186 valence electrons. The molecule has 0 spiro atoms. The van der Waals surface area contributed by atoms with Gasteiger partial charge in [-0.25, -0.2) is 4.79 Å². The van der Waals surface area contributed by atoms with Gasteiger partial charge >= 0.3 is 6.03 Å². The highest BCUT2D eigenvalue weighted by molar-refractivity contribution is 8.15. The van der Waals surface area contributed by atoms with Crippen molar-refractivity contribution in [3.05, 3.63) is 78.4 Å². The van der Waals surface area contributed by atoms with Gasteiger partial charge in [-0.15, -0.1) is 0 Å². The molecule has 8 heteroatoms. The van der Waals surface area contributed by atoms with E-state index in [1.54, 1.807) is 11.9 Å². The van der Waals surface area contributed by atoms with Gasteiger partial charge in [0.2, 0.25) is 5.91 Å². The van der Waals surface area contributed by atoms with Crippen molar-refractivity contribution < 1.29 is 19.1 Å². The molecule has 1 unspecified atom stereocenters. The summed E-state index contributed by atoms with van der Waals surface area (Å²) in [6, 6.07) is 22.7. The number of amides is 4. The fraction of sp³-hybridized carbons (Fsp3) is 0.250. The number of ether oxygens (including phenoxy) is 1. The molecular formula is C28H29N3O4S. The lowest BCUT2D eigenvalue weighted by atomic mass is 10.0. The maximum atomic E-state index is 12.8. The number of nitrogens with zero attached hydrogens (tertiary/aromatic N) is 1. The summed E-state index contributed by atoms with van der Waals surface area (Å²) >= 11 is 1.03. The van der Waals surface area contributed by atoms with E-state index in [-0.39, 0.29) is 22.4 Å². The van der Waals surface area contributed by atoms with E-state index in [9.17, 15) is 14.4 Å². The summed E-state index contributed by atoms with van der Waals surface area (Å²) < 4.78 is 5.67. The van der Waals surface area contributed by atoms with Gasteiger partial charge in [0.15, 0.2) is 0 Å². The number of rotatable bonds is 9. The molecule has 3 aromatic carbocycles. The van der Waals surface area contributed by atoms with Crippen molar-refractivity contribution in [3.63, 3.8) is 0 Å². The van der Waals surface area contributed by atoms with E-state index >= 15 is 0 Å². The zero-order valence-electron chi connectivity index (χ0n) is 20.3. The van der Waals surface area contributed by atoms with Crippen LogP contribution >= 0.6 is 11.8 Å². The van der Waals surface area contributed by atoms with Crippen LogP contribution in [0.2, 0.25) is 0 Å². The van der Waals surface area contributed by atoms with Gasteiger partial charge in [-0.3, -0.25) is 19.8 Å². The Labute approximate surface area is 215 Å². The molecule has 1 atom stereocenters. The Balaban J connectivity index is 1.38. The summed E-state index contributed by atoms with van der Waals surface area (Å²) in [7, 11) is 1.73. The summed E-state index contributed by atoms with van der Waals surface area (Å²) in [6.07, 6.45) is 2.58. The van der Waals surface area contributed by atoms with Gasteiger partial charge in [-0.2, -0.15) is 0 Å². The minimum absolute atomic E-state index is 0.237. The van der Waals surface area contributed by atoms with E-state index in [1.807, 2.05) is 72.8 Å². The summed E-state index contributed by atoms with van der Waals surface area (Å²) in [5.74, 6) is 0.548. The second-order valence-corrected chi connectivity index (χ2v) is 9.73. The SMILES string of the molecule is CCCCOc1ccc(NC(=O)N(C)c2cccc(-c3ccc(CC4SC(=O)NC4=O)cc3)c2)cc1. The maximum absolute atomic E-state index is 12.8. The Hall–Kier alpha value is -3.78. The van der Waals surface area contributed by atoms with Crippen LogP contribution in [0.5, 0.6) is 5.75 Å². The first-order chi connectivity index (χ1) is 17.4. The molecule has 7 nitrogen and oxygen atoms in total. The Morgan fingerprint density at radius 3 is 2.44 bits per heavy atom. The highest BCUT2D eigenvalue weighted by Crippen LogP contribution is 2.27. The van der Waals surface area contributed by atoms with Crippen LogP contribution in [-0.4, -0.2) is 36.1 Å². The fourth-order valence-electron chi connectivity index (χ4n) is 3.76. The van der Waals surface area contributed by atoms with Crippen molar-refractivity contribution >= 4 is 40.3 Å². The maximum Gasteiger partial charge on any atom is 0.326 e.